The number of hydrogen-bond donors (Lipinski definition) is 2. The van der Waals surface area contributed by atoms with Crippen molar-refractivity contribution in [3.8, 4) is 0 Å². The van der Waals surface area contributed by atoms with Crippen molar-refractivity contribution in [2.24, 2.45) is 7.05 Å². The molecule has 0 aliphatic carbocycles. The summed E-state index contributed by atoms with van der Waals surface area (Å²) in [7, 11) is 1.81. The van der Waals surface area contributed by atoms with Gasteiger partial charge in [-0.05, 0) is 0 Å². The van der Waals surface area contributed by atoms with Gasteiger partial charge in [0.2, 0.25) is 0 Å². The second-order valence-electron chi connectivity index (χ2n) is 2.63. The lowest BCUT2D eigenvalue weighted by Crippen LogP contribution is -2.19. The summed E-state index contributed by atoms with van der Waals surface area (Å²) in [5, 5.41) is 19.0. The average molecular weight is 235 g/mol. The maximum absolute atomic E-state index is 9.45. The van der Waals surface area contributed by atoms with Crippen molar-refractivity contribution in [2.45, 2.75) is 12.2 Å². The van der Waals surface area contributed by atoms with Gasteiger partial charge in [-0.1, -0.05) is 15.9 Å². The third-order valence-corrected chi connectivity index (χ3v) is 2.21. The number of hydrogen-bond acceptors (Lipinski definition) is 3. The molecule has 0 bridgehead atoms. The minimum absolute atomic E-state index is 0.338. The molecule has 0 fully saturated rings. The molecule has 68 valence electrons. The standard InChI is InChI=1S/C7H11BrN2O2/c1-10-3-5(9-4-10)7(12)6(11)2-8/h3-4,6-7,11-12H,2H2,1H3. The van der Waals surface area contributed by atoms with Crippen LogP contribution in [0.4, 0.5) is 0 Å². The Morgan fingerprint density at radius 3 is 2.75 bits per heavy atom. The lowest BCUT2D eigenvalue weighted by molar-refractivity contribution is 0.0317. The van der Waals surface area contributed by atoms with Crippen molar-refractivity contribution in [3.05, 3.63) is 18.2 Å². The number of aryl methyl sites for hydroxylation is 1. The Balaban J connectivity index is 2.70. The molecule has 4 nitrogen and oxygen atoms in total. The van der Waals surface area contributed by atoms with Crippen LogP contribution in [0.1, 0.15) is 11.8 Å². The summed E-state index contributed by atoms with van der Waals surface area (Å²) in [4.78, 5) is 3.92. The molecule has 0 radical (unpaired) electrons. The van der Waals surface area contributed by atoms with Gasteiger partial charge in [0.1, 0.15) is 6.10 Å². The van der Waals surface area contributed by atoms with Crippen LogP contribution < -0.4 is 0 Å². The number of alkyl halides is 1. The molecule has 0 aliphatic heterocycles. The SMILES string of the molecule is Cn1cnc(C(O)C(O)CBr)c1. The molecule has 0 spiro atoms. The summed E-state index contributed by atoms with van der Waals surface area (Å²) in [5.74, 6) is 0. The molecule has 0 saturated heterocycles. The lowest BCUT2D eigenvalue weighted by Gasteiger charge is -2.12. The quantitative estimate of drug-likeness (QED) is 0.736. The van der Waals surface area contributed by atoms with Crippen molar-refractivity contribution < 1.29 is 10.2 Å². The number of nitrogens with zero attached hydrogens (tertiary/aromatic N) is 2. The Morgan fingerprint density at radius 2 is 2.33 bits per heavy atom. The summed E-state index contributed by atoms with van der Waals surface area (Å²) in [6.45, 7) is 0. The van der Waals surface area contributed by atoms with Crippen LogP contribution in [-0.4, -0.2) is 31.2 Å². The van der Waals surface area contributed by atoms with Crippen molar-refractivity contribution in [1.82, 2.24) is 9.55 Å². The molecular weight excluding hydrogens is 224 g/mol. The molecule has 1 heterocycles. The van der Waals surface area contributed by atoms with Crippen LogP contribution in [0.25, 0.3) is 0 Å². The first-order valence-electron chi connectivity index (χ1n) is 3.55. The maximum atomic E-state index is 9.45. The van der Waals surface area contributed by atoms with Gasteiger partial charge < -0.3 is 14.8 Å². The second kappa shape index (κ2) is 4.02. The highest BCUT2D eigenvalue weighted by atomic mass is 79.9. The zero-order valence-corrected chi connectivity index (χ0v) is 8.27. The predicted octanol–water partition coefficient (Wildman–Crippen LogP) is 0.209. The average Bonchev–Trinajstić information content (AvgIpc) is 2.49. The topological polar surface area (TPSA) is 58.3 Å². The van der Waals surface area contributed by atoms with E-state index < -0.39 is 12.2 Å². The van der Waals surface area contributed by atoms with E-state index >= 15 is 0 Å². The molecule has 1 aromatic rings. The van der Waals surface area contributed by atoms with Gasteiger partial charge >= 0.3 is 0 Å². The number of aromatic nitrogens is 2. The molecule has 0 aliphatic rings. The molecule has 12 heavy (non-hydrogen) atoms. The van der Waals surface area contributed by atoms with Gasteiger partial charge in [-0.15, -0.1) is 0 Å². The second-order valence-corrected chi connectivity index (χ2v) is 3.28. The fourth-order valence-electron chi connectivity index (χ4n) is 0.867. The van der Waals surface area contributed by atoms with E-state index in [0.717, 1.165) is 0 Å². The molecule has 2 unspecified atom stereocenters. The summed E-state index contributed by atoms with van der Waals surface area (Å²) in [6.07, 6.45) is 1.54. The molecule has 0 aromatic carbocycles. The van der Waals surface area contributed by atoms with Gasteiger partial charge in [0.05, 0.1) is 18.1 Å². The third kappa shape index (κ3) is 2.06. The van der Waals surface area contributed by atoms with Crippen LogP contribution in [0, 0.1) is 0 Å². The lowest BCUT2D eigenvalue weighted by atomic mass is 10.2. The van der Waals surface area contributed by atoms with Gasteiger partial charge in [-0.3, -0.25) is 0 Å². The van der Waals surface area contributed by atoms with E-state index in [1.165, 1.54) is 0 Å². The van der Waals surface area contributed by atoms with Gasteiger partial charge in [-0.25, -0.2) is 4.98 Å². The Labute approximate surface area is 79.0 Å². The summed E-state index contributed by atoms with van der Waals surface area (Å²) < 4.78 is 1.72. The van der Waals surface area contributed by atoms with Crippen LogP contribution in [-0.2, 0) is 7.05 Å². The molecule has 2 N–H and O–H groups in total. The van der Waals surface area contributed by atoms with E-state index in [1.807, 2.05) is 7.05 Å². The summed E-state index contributed by atoms with van der Waals surface area (Å²) >= 11 is 3.07. The van der Waals surface area contributed by atoms with Crippen molar-refractivity contribution in [1.29, 1.82) is 0 Å². The van der Waals surface area contributed by atoms with Gasteiger partial charge in [0.25, 0.3) is 0 Å². The van der Waals surface area contributed by atoms with E-state index in [-0.39, 0.29) is 0 Å². The highest BCUT2D eigenvalue weighted by Crippen LogP contribution is 2.15. The van der Waals surface area contributed by atoms with Crippen LogP contribution in [0.5, 0.6) is 0 Å². The predicted molar refractivity (Wildman–Crippen MR) is 48.0 cm³/mol. The summed E-state index contributed by atoms with van der Waals surface area (Å²) in [6, 6.07) is 0. The third-order valence-electron chi connectivity index (χ3n) is 1.55. The van der Waals surface area contributed by atoms with E-state index in [9.17, 15) is 10.2 Å². The Bertz CT molecular complexity index is 251. The largest absolute Gasteiger partial charge is 0.389 e. The highest BCUT2D eigenvalue weighted by molar-refractivity contribution is 9.09. The molecular formula is C7H11BrN2O2. The smallest absolute Gasteiger partial charge is 0.124 e. The van der Waals surface area contributed by atoms with Crippen LogP contribution >= 0.6 is 15.9 Å². The van der Waals surface area contributed by atoms with Gasteiger partial charge in [0.15, 0.2) is 0 Å². The Kier molecular flexibility index (Phi) is 3.25. The first-order valence-corrected chi connectivity index (χ1v) is 4.67. The van der Waals surface area contributed by atoms with Crippen LogP contribution in [0.3, 0.4) is 0 Å². The normalized spacial score (nSPS) is 16.0. The minimum atomic E-state index is -0.912. The summed E-state index contributed by atoms with van der Waals surface area (Å²) in [5.41, 5.74) is 0.490. The molecule has 0 saturated carbocycles. The molecule has 1 rings (SSSR count). The monoisotopic (exact) mass is 234 g/mol. The molecule has 5 heteroatoms. The van der Waals surface area contributed by atoms with Crippen molar-refractivity contribution >= 4 is 15.9 Å². The van der Waals surface area contributed by atoms with Crippen LogP contribution in [0.15, 0.2) is 12.5 Å². The van der Waals surface area contributed by atoms with E-state index in [1.54, 1.807) is 17.1 Å². The fourth-order valence-corrected chi connectivity index (χ4v) is 1.22. The number of halogens is 1. The first kappa shape index (κ1) is 9.70. The van der Waals surface area contributed by atoms with Gasteiger partial charge in [0, 0.05) is 18.6 Å². The maximum Gasteiger partial charge on any atom is 0.124 e. The fraction of sp³-hybridized carbons (Fsp3) is 0.571. The zero-order valence-electron chi connectivity index (χ0n) is 6.68. The molecule has 2 atom stereocenters. The van der Waals surface area contributed by atoms with Crippen LogP contribution in [0.2, 0.25) is 0 Å². The molecule has 1 aromatic heterocycles. The van der Waals surface area contributed by atoms with E-state index in [2.05, 4.69) is 20.9 Å². The number of aliphatic hydroxyl groups excluding tert-OH is 2. The zero-order chi connectivity index (χ0) is 9.14. The highest BCUT2D eigenvalue weighted by Gasteiger charge is 2.18. The van der Waals surface area contributed by atoms with Crippen molar-refractivity contribution in [3.63, 3.8) is 0 Å². The number of rotatable bonds is 3. The Hall–Kier alpha value is -0.390. The molecule has 0 amide bonds. The van der Waals surface area contributed by atoms with Crippen molar-refractivity contribution in [2.75, 3.05) is 5.33 Å². The number of imidazole rings is 1. The van der Waals surface area contributed by atoms with E-state index in [0.29, 0.717) is 11.0 Å². The van der Waals surface area contributed by atoms with Gasteiger partial charge in [-0.2, -0.15) is 0 Å². The first-order chi connectivity index (χ1) is 5.65. The minimum Gasteiger partial charge on any atom is -0.389 e. The Morgan fingerprint density at radius 1 is 1.67 bits per heavy atom. The number of aliphatic hydroxyl groups is 2. The van der Waals surface area contributed by atoms with E-state index in [4.69, 9.17) is 0 Å².